The van der Waals surface area contributed by atoms with Gasteiger partial charge in [-0.15, -0.1) is 0 Å². The third kappa shape index (κ3) is 4.13. The summed E-state index contributed by atoms with van der Waals surface area (Å²) in [4.78, 5) is 33.3. The van der Waals surface area contributed by atoms with Crippen LogP contribution in [-0.2, 0) is 17.7 Å². The number of halogens is 2. The molecule has 3 aromatic rings. The Balaban J connectivity index is 1.54. The predicted molar refractivity (Wildman–Crippen MR) is 130 cm³/mol. The fraction of sp³-hybridized carbons (Fsp3) is 0.292. The topological polar surface area (TPSA) is 85.7 Å². The van der Waals surface area contributed by atoms with Gasteiger partial charge < -0.3 is 19.7 Å². The lowest BCUT2D eigenvalue weighted by Crippen LogP contribution is -2.44. The second-order valence-corrected chi connectivity index (χ2v) is 8.97. The maximum absolute atomic E-state index is 13.7. The first kappa shape index (κ1) is 22.7. The summed E-state index contributed by atoms with van der Waals surface area (Å²) in [5.41, 5.74) is 2.00. The zero-order valence-corrected chi connectivity index (χ0v) is 19.9. The van der Waals surface area contributed by atoms with E-state index in [1.165, 1.54) is 0 Å². The average molecular weight is 501 g/mol. The molecule has 5 rings (SSSR count). The summed E-state index contributed by atoms with van der Waals surface area (Å²) >= 11 is 12.1. The van der Waals surface area contributed by atoms with Crippen molar-refractivity contribution in [1.82, 2.24) is 14.5 Å². The molecule has 34 heavy (non-hydrogen) atoms. The molecule has 0 aliphatic carbocycles. The van der Waals surface area contributed by atoms with Crippen molar-refractivity contribution in [2.45, 2.75) is 19.0 Å². The summed E-state index contributed by atoms with van der Waals surface area (Å²) in [7, 11) is 1.56. The predicted octanol–water partition coefficient (Wildman–Crippen LogP) is 3.56. The molecule has 3 heterocycles. The van der Waals surface area contributed by atoms with Gasteiger partial charge in [0.1, 0.15) is 5.75 Å². The van der Waals surface area contributed by atoms with Crippen molar-refractivity contribution < 1.29 is 14.3 Å². The quantitative estimate of drug-likeness (QED) is 0.576. The highest BCUT2D eigenvalue weighted by Crippen LogP contribution is 2.28. The number of nitrogens with one attached hydrogen (secondary N) is 1. The molecule has 0 bridgehead atoms. The summed E-state index contributed by atoms with van der Waals surface area (Å²) in [6.07, 6.45) is 0.385. The maximum Gasteiger partial charge on any atom is 0.263 e. The Labute approximate surface area is 206 Å². The van der Waals surface area contributed by atoms with Crippen LogP contribution in [0.15, 0.2) is 47.3 Å². The molecular weight excluding hydrogens is 479 g/mol. The SMILES string of the molecule is COc1ccccc1-n1c(NC2COC2)nc2c(c1=O)CCN(C(=O)c1ccc(Cl)c(Cl)c1)C2. The Morgan fingerprint density at radius 1 is 1.18 bits per heavy atom. The van der Waals surface area contributed by atoms with Crippen molar-refractivity contribution in [3.63, 3.8) is 0 Å². The van der Waals surface area contributed by atoms with Crippen molar-refractivity contribution in [3.05, 3.63) is 79.7 Å². The molecule has 0 radical (unpaired) electrons. The number of carbonyl (C=O) groups is 1. The molecule has 176 valence electrons. The summed E-state index contributed by atoms with van der Waals surface area (Å²) < 4.78 is 12.3. The molecular formula is C24H22Cl2N4O4. The van der Waals surface area contributed by atoms with Gasteiger partial charge >= 0.3 is 0 Å². The van der Waals surface area contributed by atoms with Gasteiger partial charge in [-0.05, 0) is 36.8 Å². The van der Waals surface area contributed by atoms with Gasteiger partial charge in [-0.2, -0.15) is 0 Å². The monoisotopic (exact) mass is 500 g/mol. The summed E-state index contributed by atoms with van der Waals surface area (Å²) in [6.45, 7) is 1.66. The molecule has 0 saturated carbocycles. The summed E-state index contributed by atoms with van der Waals surface area (Å²) in [6, 6.07) is 12.2. The van der Waals surface area contributed by atoms with Gasteiger partial charge in [-0.3, -0.25) is 9.59 Å². The molecule has 1 saturated heterocycles. The standard InChI is InChI=1S/C24H22Cl2N4O4/c1-33-21-5-3-2-4-20(21)30-23(32)16-8-9-29(22(31)14-6-7-17(25)18(26)10-14)11-19(16)28-24(30)27-15-12-34-13-15/h2-7,10,15H,8-9,11-13H2,1H3,(H,27,28). The number of rotatable bonds is 5. The molecule has 0 spiro atoms. The van der Waals surface area contributed by atoms with Gasteiger partial charge in [-0.25, -0.2) is 9.55 Å². The van der Waals surface area contributed by atoms with E-state index in [0.29, 0.717) is 70.4 Å². The van der Waals surface area contributed by atoms with E-state index in [4.69, 9.17) is 37.7 Å². The molecule has 2 aliphatic heterocycles. The maximum atomic E-state index is 13.7. The highest BCUT2D eigenvalue weighted by atomic mass is 35.5. The van der Waals surface area contributed by atoms with Crippen LogP contribution in [0.4, 0.5) is 5.95 Å². The van der Waals surface area contributed by atoms with Crippen LogP contribution in [0, 0.1) is 0 Å². The molecule has 10 heteroatoms. The van der Waals surface area contributed by atoms with E-state index in [1.54, 1.807) is 40.8 Å². The molecule has 1 fully saturated rings. The summed E-state index contributed by atoms with van der Waals surface area (Å²) in [5.74, 6) is 0.763. The number of para-hydroxylation sites is 2. The van der Waals surface area contributed by atoms with Crippen LogP contribution in [0.2, 0.25) is 10.0 Å². The zero-order valence-electron chi connectivity index (χ0n) is 18.4. The van der Waals surface area contributed by atoms with Gasteiger partial charge in [0.2, 0.25) is 5.95 Å². The van der Waals surface area contributed by atoms with Crippen molar-refractivity contribution in [1.29, 1.82) is 0 Å². The van der Waals surface area contributed by atoms with Crippen LogP contribution in [0.25, 0.3) is 5.69 Å². The summed E-state index contributed by atoms with van der Waals surface area (Å²) in [5, 5.41) is 4.02. The van der Waals surface area contributed by atoms with Crippen LogP contribution in [0.1, 0.15) is 21.6 Å². The minimum absolute atomic E-state index is 0.0449. The van der Waals surface area contributed by atoms with Crippen LogP contribution in [-0.4, -0.2) is 53.3 Å². The molecule has 2 aromatic carbocycles. The largest absolute Gasteiger partial charge is 0.495 e. The number of ether oxygens (including phenoxy) is 2. The van der Waals surface area contributed by atoms with Crippen LogP contribution >= 0.6 is 23.2 Å². The Hall–Kier alpha value is -3.07. The number of anilines is 1. The lowest BCUT2D eigenvalue weighted by atomic mass is 10.0. The number of methoxy groups -OCH3 is 1. The van der Waals surface area contributed by atoms with Crippen LogP contribution < -0.4 is 15.6 Å². The molecule has 0 atom stereocenters. The van der Waals surface area contributed by atoms with Crippen molar-refractivity contribution in [2.75, 3.05) is 32.2 Å². The van der Waals surface area contributed by atoms with Gasteiger partial charge in [0.25, 0.3) is 11.5 Å². The molecule has 8 nitrogen and oxygen atoms in total. The lowest BCUT2D eigenvalue weighted by Gasteiger charge is -2.31. The lowest BCUT2D eigenvalue weighted by molar-refractivity contribution is 0.0206. The van der Waals surface area contributed by atoms with E-state index in [9.17, 15) is 9.59 Å². The number of nitrogens with zero attached hydrogens (tertiary/aromatic N) is 3. The highest BCUT2D eigenvalue weighted by molar-refractivity contribution is 6.42. The van der Waals surface area contributed by atoms with E-state index in [2.05, 4.69) is 5.32 Å². The zero-order chi connectivity index (χ0) is 23.8. The Bertz CT molecular complexity index is 1320. The van der Waals surface area contributed by atoms with Crippen LogP contribution in [0.3, 0.4) is 0 Å². The molecule has 0 unspecified atom stereocenters. The third-order valence-electron chi connectivity index (χ3n) is 5.99. The first-order chi connectivity index (χ1) is 16.5. The van der Waals surface area contributed by atoms with E-state index in [-0.39, 0.29) is 24.1 Å². The number of fused-ring (bicyclic) bond motifs is 1. The number of amides is 1. The van der Waals surface area contributed by atoms with Crippen molar-refractivity contribution in [3.8, 4) is 11.4 Å². The second-order valence-electron chi connectivity index (χ2n) is 8.16. The van der Waals surface area contributed by atoms with Crippen molar-refractivity contribution >= 4 is 35.1 Å². The van der Waals surface area contributed by atoms with Gasteiger partial charge in [-0.1, -0.05) is 35.3 Å². The Morgan fingerprint density at radius 3 is 2.68 bits per heavy atom. The first-order valence-electron chi connectivity index (χ1n) is 10.8. The normalized spacial score (nSPS) is 15.4. The minimum Gasteiger partial charge on any atom is -0.495 e. The Kier molecular flexibility index (Phi) is 6.20. The number of benzene rings is 2. The molecule has 1 N–H and O–H groups in total. The molecule has 1 amide bonds. The van der Waals surface area contributed by atoms with Gasteiger partial charge in [0.15, 0.2) is 0 Å². The first-order valence-corrected chi connectivity index (χ1v) is 11.6. The fourth-order valence-corrected chi connectivity index (χ4v) is 4.41. The smallest absolute Gasteiger partial charge is 0.263 e. The number of hydrogen-bond acceptors (Lipinski definition) is 6. The van der Waals surface area contributed by atoms with Crippen LogP contribution in [0.5, 0.6) is 5.75 Å². The third-order valence-corrected chi connectivity index (χ3v) is 6.72. The minimum atomic E-state index is -0.193. The van der Waals surface area contributed by atoms with Gasteiger partial charge in [0, 0.05) is 17.7 Å². The highest BCUT2D eigenvalue weighted by Gasteiger charge is 2.29. The van der Waals surface area contributed by atoms with E-state index in [1.807, 2.05) is 18.2 Å². The average Bonchev–Trinajstić information content (AvgIpc) is 2.82. The molecule has 2 aliphatic rings. The fourth-order valence-electron chi connectivity index (χ4n) is 4.11. The van der Waals surface area contributed by atoms with E-state index < -0.39 is 0 Å². The van der Waals surface area contributed by atoms with Crippen molar-refractivity contribution in [2.24, 2.45) is 0 Å². The van der Waals surface area contributed by atoms with E-state index in [0.717, 1.165) is 0 Å². The van der Waals surface area contributed by atoms with E-state index >= 15 is 0 Å². The second kappa shape index (κ2) is 9.29. The number of aromatic nitrogens is 2. The molecule has 1 aromatic heterocycles. The number of carbonyl (C=O) groups excluding carboxylic acids is 1. The van der Waals surface area contributed by atoms with Gasteiger partial charge in [0.05, 0.1) is 54.3 Å². The Morgan fingerprint density at radius 2 is 1.97 bits per heavy atom. The number of hydrogen-bond donors (Lipinski definition) is 1.